The topological polar surface area (TPSA) is 91.7 Å². The Morgan fingerprint density at radius 3 is 2.54 bits per heavy atom. The van der Waals surface area contributed by atoms with Gasteiger partial charge in [-0.15, -0.1) is 15.3 Å². The Hall–Kier alpha value is -1.84. The van der Waals surface area contributed by atoms with E-state index in [0.29, 0.717) is 26.8 Å². The van der Waals surface area contributed by atoms with Gasteiger partial charge in [0.1, 0.15) is 22.4 Å². The van der Waals surface area contributed by atoms with Crippen LogP contribution in [0.4, 0.5) is 0 Å². The van der Waals surface area contributed by atoms with Gasteiger partial charge in [0, 0.05) is 17.3 Å². The van der Waals surface area contributed by atoms with Gasteiger partial charge in [-0.3, -0.25) is 0 Å². The van der Waals surface area contributed by atoms with E-state index in [1.165, 1.54) is 22.0 Å². The van der Waals surface area contributed by atoms with Gasteiger partial charge in [0.2, 0.25) is 5.16 Å². The molecule has 2 aromatic heterocycles. The van der Waals surface area contributed by atoms with Crippen LogP contribution in [0.2, 0.25) is 4.34 Å². The van der Waals surface area contributed by atoms with Gasteiger partial charge < -0.3 is 10.6 Å². The summed E-state index contributed by atoms with van der Waals surface area (Å²) < 4.78 is 11.6. The van der Waals surface area contributed by atoms with Gasteiger partial charge in [-0.05, 0) is 23.1 Å². The first kappa shape index (κ1) is 18.9. The van der Waals surface area contributed by atoms with Gasteiger partial charge in [-0.25, -0.2) is 4.68 Å². The number of nitrogens with zero attached hydrogens (tertiary/aromatic N) is 5. The summed E-state index contributed by atoms with van der Waals surface area (Å²) in [5, 5.41) is 12.7. The minimum Gasteiger partial charge on any atom is -0.486 e. The lowest BCUT2D eigenvalue weighted by atomic mass is 9.87. The summed E-state index contributed by atoms with van der Waals surface area (Å²) in [5.41, 5.74) is 2.07. The van der Waals surface area contributed by atoms with Crippen molar-refractivity contribution in [2.45, 2.75) is 43.7 Å². The van der Waals surface area contributed by atoms with Gasteiger partial charge in [-0.2, -0.15) is 0 Å². The fraction of sp³-hybridized carbons (Fsp3) is 0.375. The Morgan fingerprint density at radius 2 is 1.92 bits per heavy atom. The predicted molar refractivity (Wildman–Crippen MR) is 104 cm³/mol. The lowest BCUT2D eigenvalue weighted by Crippen LogP contribution is -2.16. The number of thioether (sulfide) groups is 1. The van der Waals surface area contributed by atoms with Gasteiger partial charge in [0.15, 0.2) is 5.82 Å². The highest BCUT2D eigenvalue weighted by atomic mass is 35.5. The van der Waals surface area contributed by atoms with Crippen molar-refractivity contribution in [3.05, 3.63) is 45.7 Å². The van der Waals surface area contributed by atoms with Crippen molar-refractivity contribution in [2.24, 2.45) is 0 Å². The molecule has 26 heavy (non-hydrogen) atoms. The second-order valence-corrected chi connectivity index (χ2v) is 8.91. The Labute approximate surface area is 165 Å². The molecule has 10 heteroatoms. The molecule has 3 aromatic rings. The molecule has 0 spiro atoms. The summed E-state index contributed by atoms with van der Waals surface area (Å²) in [7, 11) is 0. The Morgan fingerprint density at radius 1 is 1.19 bits per heavy atom. The molecule has 2 heterocycles. The number of rotatable bonds is 6. The molecule has 0 aliphatic rings. The van der Waals surface area contributed by atoms with Crippen LogP contribution < -0.4 is 10.6 Å². The maximum absolute atomic E-state index is 6.05. The van der Waals surface area contributed by atoms with Crippen molar-refractivity contribution in [1.82, 2.24) is 24.5 Å². The van der Waals surface area contributed by atoms with Gasteiger partial charge in [-0.1, -0.05) is 60.8 Å². The number of aromatic nitrogens is 5. The molecule has 0 saturated carbocycles. The van der Waals surface area contributed by atoms with Crippen LogP contribution in [0.15, 0.2) is 29.4 Å². The minimum atomic E-state index is 0.109. The van der Waals surface area contributed by atoms with E-state index in [4.69, 9.17) is 22.2 Å². The number of halogens is 1. The highest BCUT2D eigenvalue weighted by Crippen LogP contribution is 2.26. The van der Waals surface area contributed by atoms with Crippen molar-refractivity contribution in [1.29, 1.82) is 0 Å². The Balaban J connectivity index is 1.59. The normalized spacial score (nSPS) is 11.7. The molecule has 0 unspecified atom stereocenters. The van der Waals surface area contributed by atoms with Crippen molar-refractivity contribution >= 4 is 34.9 Å². The fourth-order valence-corrected chi connectivity index (χ4v) is 3.73. The standard InChI is InChI=1S/C16H19ClN6OS2/c1-16(2,3)10-4-6-11(7-5-10)24-8-13-20-21-15(23(13)18)25-9-12-14(17)26-22-19-12/h4-7H,8-9,18H2,1-3H3. The molecule has 0 radical (unpaired) electrons. The van der Waals surface area contributed by atoms with Crippen LogP contribution in [0.3, 0.4) is 0 Å². The zero-order valence-electron chi connectivity index (χ0n) is 14.6. The molecule has 138 valence electrons. The molecule has 0 saturated heterocycles. The Bertz CT molecular complexity index is 872. The van der Waals surface area contributed by atoms with E-state index in [9.17, 15) is 0 Å². The molecule has 3 rings (SSSR count). The third-order valence-corrected chi connectivity index (χ3v) is 5.61. The first-order valence-electron chi connectivity index (χ1n) is 7.87. The van der Waals surface area contributed by atoms with E-state index < -0.39 is 0 Å². The number of ether oxygens (including phenoxy) is 1. The second-order valence-electron chi connectivity index (χ2n) is 6.61. The van der Waals surface area contributed by atoms with Crippen LogP contribution in [-0.4, -0.2) is 24.5 Å². The molecule has 0 aliphatic heterocycles. The molecular formula is C16H19ClN6OS2. The predicted octanol–water partition coefficient (Wildman–Crippen LogP) is 3.67. The van der Waals surface area contributed by atoms with Crippen LogP contribution in [0.25, 0.3) is 0 Å². The van der Waals surface area contributed by atoms with Gasteiger partial charge in [0.05, 0.1) is 0 Å². The van der Waals surface area contributed by atoms with E-state index in [0.717, 1.165) is 17.3 Å². The maximum atomic E-state index is 6.05. The summed E-state index contributed by atoms with van der Waals surface area (Å²) in [6, 6.07) is 8.03. The largest absolute Gasteiger partial charge is 0.486 e. The second kappa shape index (κ2) is 7.81. The third kappa shape index (κ3) is 4.46. The average molecular weight is 411 g/mol. The fourth-order valence-electron chi connectivity index (χ4n) is 2.12. The molecule has 2 N–H and O–H groups in total. The van der Waals surface area contributed by atoms with E-state index in [-0.39, 0.29) is 12.0 Å². The number of benzene rings is 1. The smallest absolute Gasteiger partial charge is 0.210 e. The molecule has 1 aromatic carbocycles. The van der Waals surface area contributed by atoms with Crippen LogP contribution in [-0.2, 0) is 17.8 Å². The SMILES string of the molecule is CC(C)(C)c1ccc(OCc2nnc(SCc3nnsc3Cl)n2N)cc1. The highest BCUT2D eigenvalue weighted by molar-refractivity contribution is 7.98. The van der Waals surface area contributed by atoms with Gasteiger partial charge >= 0.3 is 0 Å². The lowest BCUT2D eigenvalue weighted by molar-refractivity contribution is 0.291. The Kier molecular flexibility index (Phi) is 5.69. The molecular weight excluding hydrogens is 392 g/mol. The van der Waals surface area contributed by atoms with Crippen molar-refractivity contribution in [3.63, 3.8) is 0 Å². The quantitative estimate of drug-likeness (QED) is 0.489. The van der Waals surface area contributed by atoms with Crippen molar-refractivity contribution in [3.8, 4) is 5.75 Å². The van der Waals surface area contributed by atoms with Crippen LogP contribution >= 0.6 is 34.9 Å². The van der Waals surface area contributed by atoms with E-state index in [2.05, 4.69) is 52.7 Å². The third-order valence-electron chi connectivity index (χ3n) is 3.67. The highest BCUT2D eigenvalue weighted by Gasteiger charge is 2.15. The first-order chi connectivity index (χ1) is 12.3. The summed E-state index contributed by atoms with van der Waals surface area (Å²) in [6.07, 6.45) is 0. The van der Waals surface area contributed by atoms with E-state index in [1.807, 2.05) is 12.1 Å². The number of hydrogen-bond donors (Lipinski definition) is 1. The van der Waals surface area contributed by atoms with E-state index in [1.54, 1.807) is 0 Å². The molecule has 0 amide bonds. The molecule has 0 bridgehead atoms. The molecule has 7 nitrogen and oxygen atoms in total. The average Bonchev–Trinajstić information content (AvgIpc) is 3.16. The van der Waals surface area contributed by atoms with Crippen LogP contribution in [0, 0.1) is 0 Å². The zero-order chi connectivity index (χ0) is 18.7. The monoisotopic (exact) mass is 410 g/mol. The molecule has 0 atom stereocenters. The molecule has 0 fully saturated rings. The number of nitrogen functional groups attached to an aromatic ring is 1. The number of nitrogens with two attached hydrogens (primary N) is 1. The van der Waals surface area contributed by atoms with Crippen molar-refractivity contribution < 1.29 is 4.74 Å². The summed E-state index contributed by atoms with van der Waals surface area (Å²) in [4.78, 5) is 0. The minimum absolute atomic E-state index is 0.109. The van der Waals surface area contributed by atoms with Crippen molar-refractivity contribution in [2.75, 3.05) is 5.84 Å². The number of hydrogen-bond acceptors (Lipinski definition) is 8. The molecule has 0 aliphatic carbocycles. The summed E-state index contributed by atoms with van der Waals surface area (Å²) >= 11 is 8.54. The zero-order valence-corrected chi connectivity index (χ0v) is 17.0. The van der Waals surface area contributed by atoms with Crippen LogP contribution in [0.1, 0.15) is 37.9 Å². The lowest BCUT2D eigenvalue weighted by Gasteiger charge is -2.19. The van der Waals surface area contributed by atoms with E-state index >= 15 is 0 Å². The summed E-state index contributed by atoms with van der Waals surface area (Å²) in [6.45, 7) is 6.76. The van der Waals surface area contributed by atoms with Gasteiger partial charge in [0.25, 0.3) is 0 Å². The first-order valence-corrected chi connectivity index (χ1v) is 10.0. The summed E-state index contributed by atoms with van der Waals surface area (Å²) in [5.74, 6) is 7.87. The maximum Gasteiger partial charge on any atom is 0.210 e. The van der Waals surface area contributed by atoms with Crippen LogP contribution in [0.5, 0.6) is 5.75 Å².